The first-order chi connectivity index (χ1) is 12.6. The zero-order valence-corrected chi connectivity index (χ0v) is 16.2. The normalized spacial score (nSPS) is 14.2. The molecule has 0 saturated carbocycles. The van der Waals surface area contributed by atoms with Crippen LogP contribution in [0.15, 0.2) is 48.5 Å². The summed E-state index contributed by atoms with van der Waals surface area (Å²) in [4.78, 5) is 24.0. The number of esters is 1. The van der Waals surface area contributed by atoms with Crippen molar-refractivity contribution >= 4 is 35.4 Å². The Hall–Kier alpha value is -1.92. The molecule has 1 fully saturated rings. The molecule has 2 aromatic carbocycles. The number of ether oxygens (including phenoxy) is 1. The predicted molar refractivity (Wildman–Crippen MR) is 107 cm³/mol. The van der Waals surface area contributed by atoms with E-state index >= 15 is 0 Å². The molecule has 0 atom stereocenters. The van der Waals surface area contributed by atoms with Gasteiger partial charge >= 0.3 is 5.97 Å². The molecule has 0 spiro atoms. The van der Waals surface area contributed by atoms with Crippen LogP contribution in [-0.4, -0.2) is 30.0 Å². The molecule has 1 heterocycles. The van der Waals surface area contributed by atoms with Gasteiger partial charge in [0.1, 0.15) is 0 Å². The fourth-order valence-electron chi connectivity index (χ4n) is 2.59. The van der Waals surface area contributed by atoms with E-state index in [0.717, 1.165) is 22.6 Å². The van der Waals surface area contributed by atoms with Crippen molar-refractivity contribution in [2.24, 2.45) is 0 Å². The van der Waals surface area contributed by atoms with Gasteiger partial charge in [-0.25, -0.2) is 4.79 Å². The molecule has 0 unspecified atom stereocenters. The molecule has 1 amide bonds. The molecule has 1 aliphatic rings. The second-order valence-electron chi connectivity index (χ2n) is 5.97. The summed E-state index contributed by atoms with van der Waals surface area (Å²) in [5.41, 5.74) is 3.84. The minimum absolute atomic E-state index is 0.277. The Balaban J connectivity index is 1.45. The van der Waals surface area contributed by atoms with Crippen LogP contribution in [0.3, 0.4) is 0 Å². The van der Waals surface area contributed by atoms with Crippen LogP contribution in [-0.2, 0) is 16.1 Å². The van der Waals surface area contributed by atoms with Crippen molar-refractivity contribution < 1.29 is 14.3 Å². The van der Waals surface area contributed by atoms with Gasteiger partial charge in [0.15, 0.2) is 6.61 Å². The van der Waals surface area contributed by atoms with Gasteiger partial charge in [0.05, 0.1) is 10.1 Å². The lowest BCUT2D eigenvalue weighted by molar-refractivity contribution is -0.124. The maximum absolute atomic E-state index is 12.1. The summed E-state index contributed by atoms with van der Waals surface area (Å²) in [5.74, 6) is 1.54. The molecule has 6 heteroatoms. The van der Waals surface area contributed by atoms with Crippen molar-refractivity contribution in [2.75, 3.05) is 18.1 Å². The molecule has 1 N–H and O–H groups in total. The van der Waals surface area contributed by atoms with Crippen molar-refractivity contribution in [2.45, 2.75) is 18.1 Å². The SMILES string of the molecule is Cc1ccccc1CNC(=O)COC(=O)c1ccc(C2SCCS2)cc1. The standard InChI is InChI=1S/C20H21NO3S2/c1-14-4-2-3-5-17(14)12-21-18(22)13-24-19(23)15-6-8-16(9-7-15)20-25-10-11-26-20/h2-9,20H,10-13H2,1H3,(H,21,22). The Labute approximate surface area is 162 Å². The Kier molecular flexibility index (Phi) is 6.63. The minimum atomic E-state index is -0.477. The number of carbonyl (C=O) groups excluding carboxylic acids is 2. The number of aryl methyl sites for hydroxylation is 1. The highest BCUT2D eigenvalue weighted by Crippen LogP contribution is 2.45. The van der Waals surface area contributed by atoms with Crippen molar-refractivity contribution in [1.29, 1.82) is 0 Å². The average molecular weight is 388 g/mol. The maximum atomic E-state index is 12.1. The third kappa shape index (κ3) is 5.05. The van der Waals surface area contributed by atoms with Crippen LogP contribution in [0.1, 0.15) is 31.6 Å². The maximum Gasteiger partial charge on any atom is 0.338 e. The lowest BCUT2D eigenvalue weighted by atomic mass is 10.1. The molecule has 0 bridgehead atoms. The quantitative estimate of drug-likeness (QED) is 0.761. The lowest BCUT2D eigenvalue weighted by Gasteiger charge is -2.10. The number of hydrogen-bond acceptors (Lipinski definition) is 5. The van der Waals surface area contributed by atoms with Gasteiger partial charge in [0.2, 0.25) is 0 Å². The first-order valence-electron chi connectivity index (χ1n) is 8.45. The summed E-state index contributed by atoms with van der Waals surface area (Å²) >= 11 is 3.84. The van der Waals surface area contributed by atoms with Gasteiger partial charge < -0.3 is 10.1 Å². The molecule has 0 aromatic heterocycles. The van der Waals surface area contributed by atoms with E-state index in [-0.39, 0.29) is 12.5 Å². The highest BCUT2D eigenvalue weighted by atomic mass is 32.2. The van der Waals surface area contributed by atoms with Crippen LogP contribution in [0.25, 0.3) is 0 Å². The minimum Gasteiger partial charge on any atom is -0.452 e. The van der Waals surface area contributed by atoms with Gasteiger partial charge in [0, 0.05) is 18.1 Å². The second kappa shape index (κ2) is 9.14. The molecule has 0 radical (unpaired) electrons. The summed E-state index contributed by atoms with van der Waals surface area (Å²) in [5, 5.41) is 2.77. The van der Waals surface area contributed by atoms with Crippen molar-refractivity contribution in [3.8, 4) is 0 Å². The van der Waals surface area contributed by atoms with Crippen molar-refractivity contribution in [3.05, 3.63) is 70.8 Å². The summed E-state index contributed by atoms with van der Waals surface area (Å²) in [7, 11) is 0. The van der Waals surface area contributed by atoms with E-state index in [1.165, 1.54) is 5.56 Å². The Morgan fingerprint density at radius 2 is 1.77 bits per heavy atom. The van der Waals surface area contributed by atoms with E-state index in [1.807, 2.05) is 66.8 Å². The van der Waals surface area contributed by atoms with Crippen LogP contribution < -0.4 is 5.32 Å². The lowest BCUT2D eigenvalue weighted by Crippen LogP contribution is -2.28. The second-order valence-corrected chi connectivity index (χ2v) is 8.70. The molecule has 1 aliphatic heterocycles. The molecule has 26 heavy (non-hydrogen) atoms. The highest BCUT2D eigenvalue weighted by molar-refractivity contribution is 8.19. The van der Waals surface area contributed by atoms with E-state index < -0.39 is 5.97 Å². The number of benzene rings is 2. The first-order valence-corrected chi connectivity index (χ1v) is 10.5. The highest BCUT2D eigenvalue weighted by Gasteiger charge is 2.18. The number of rotatable bonds is 6. The third-order valence-corrected chi connectivity index (χ3v) is 7.22. The van der Waals surface area contributed by atoms with E-state index in [0.29, 0.717) is 16.7 Å². The molecule has 0 aliphatic carbocycles. The molecule has 3 rings (SSSR count). The topological polar surface area (TPSA) is 55.4 Å². The zero-order chi connectivity index (χ0) is 18.4. The summed E-state index contributed by atoms with van der Waals surface area (Å²) in [6, 6.07) is 15.3. The average Bonchev–Trinajstić information content (AvgIpc) is 3.20. The Bertz CT molecular complexity index is 771. The van der Waals surface area contributed by atoms with Crippen molar-refractivity contribution in [3.63, 3.8) is 0 Å². The largest absolute Gasteiger partial charge is 0.452 e. The van der Waals surface area contributed by atoms with Gasteiger partial charge in [-0.2, -0.15) is 0 Å². The van der Waals surface area contributed by atoms with Gasteiger partial charge in [-0.15, -0.1) is 23.5 Å². The number of carbonyl (C=O) groups is 2. The van der Waals surface area contributed by atoms with Gasteiger partial charge in [-0.05, 0) is 35.7 Å². The van der Waals surface area contributed by atoms with E-state index in [1.54, 1.807) is 12.1 Å². The van der Waals surface area contributed by atoms with Crippen LogP contribution in [0.5, 0.6) is 0 Å². The van der Waals surface area contributed by atoms with E-state index in [9.17, 15) is 9.59 Å². The number of thioether (sulfide) groups is 2. The van der Waals surface area contributed by atoms with Crippen LogP contribution in [0.2, 0.25) is 0 Å². The predicted octanol–water partition coefficient (Wildman–Crippen LogP) is 3.95. The summed E-state index contributed by atoms with van der Waals surface area (Å²) < 4.78 is 5.56. The monoisotopic (exact) mass is 387 g/mol. The molecule has 2 aromatic rings. The van der Waals surface area contributed by atoms with Crippen molar-refractivity contribution in [1.82, 2.24) is 5.32 Å². The van der Waals surface area contributed by atoms with Crippen LogP contribution in [0.4, 0.5) is 0 Å². The van der Waals surface area contributed by atoms with Gasteiger partial charge in [-0.1, -0.05) is 36.4 Å². The fourth-order valence-corrected chi connectivity index (χ4v) is 5.45. The number of nitrogens with one attached hydrogen (secondary N) is 1. The fraction of sp³-hybridized carbons (Fsp3) is 0.300. The Morgan fingerprint density at radius 3 is 2.46 bits per heavy atom. The molecule has 1 saturated heterocycles. The Morgan fingerprint density at radius 1 is 1.08 bits per heavy atom. The van der Waals surface area contributed by atoms with E-state index in [4.69, 9.17) is 4.74 Å². The zero-order valence-electron chi connectivity index (χ0n) is 14.6. The molecular formula is C20H21NO3S2. The van der Waals surface area contributed by atoms with Gasteiger partial charge in [0.25, 0.3) is 5.91 Å². The van der Waals surface area contributed by atoms with Crippen LogP contribution in [0, 0.1) is 6.92 Å². The van der Waals surface area contributed by atoms with Gasteiger partial charge in [-0.3, -0.25) is 4.79 Å². The number of amides is 1. The number of hydrogen-bond donors (Lipinski definition) is 1. The van der Waals surface area contributed by atoms with Crippen LogP contribution >= 0.6 is 23.5 Å². The smallest absolute Gasteiger partial charge is 0.338 e. The van der Waals surface area contributed by atoms with E-state index in [2.05, 4.69) is 5.32 Å². The summed E-state index contributed by atoms with van der Waals surface area (Å²) in [6.45, 7) is 2.14. The first kappa shape index (κ1) is 18.9. The molecular weight excluding hydrogens is 366 g/mol. The third-order valence-electron chi connectivity index (χ3n) is 4.11. The summed E-state index contributed by atoms with van der Waals surface area (Å²) in [6.07, 6.45) is 0. The molecule has 4 nitrogen and oxygen atoms in total. The molecule has 136 valence electrons.